The predicted octanol–water partition coefficient (Wildman–Crippen LogP) is 7.14. The van der Waals surface area contributed by atoms with Crippen LogP contribution in [0.3, 0.4) is 0 Å². The number of likely N-dealkylation sites (tertiary alicyclic amines) is 1. The van der Waals surface area contributed by atoms with Crippen LogP contribution in [0.1, 0.15) is 47.7 Å². The van der Waals surface area contributed by atoms with Gasteiger partial charge >= 0.3 is 0 Å². The van der Waals surface area contributed by atoms with E-state index in [0.717, 1.165) is 18.4 Å². The molecule has 0 unspecified atom stereocenters. The summed E-state index contributed by atoms with van der Waals surface area (Å²) in [5.41, 5.74) is 1.72. The number of fused-ring (bicyclic) bond motifs is 4. The van der Waals surface area contributed by atoms with Gasteiger partial charge in [0.15, 0.2) is 19.7 Å². The van der Waals surface area contributed by atoms with Crippen LogP contribution in [0.15, 0.2) is 91.0 Å². The molecule has 2 saturated heterocycles. The van der Waals surface area contributed by atoms with Crippen LogP contribution in [-0.2, 0) is 26.5 Å². The van der Waals surface area contributed by atoms with Gasteiger partial charge < -0.3 is 29.2 Å². The number of amides is 3. The highest BCUT2D eigenvalue weighted by Crippen LogP contribution is 2.60. The number of carbonyl (C=O) groups is 3. The molecule has 0 bridgehead atoms. The van der Waals surface area contributed by atoms with Gasteiger partial charge in [0.25, 0.3) is 11.8 Å². The highest BCUT2D eigenvalue weighted by atomic mass is 35.5. The Kier molecular flexibility index (Phi) is 8.98. The van der Waals surface area contributed by atoms with Gasteiger partial charge in [-0.3, -0.25) is 19.3 Å². The first-order chi connectivity index (χ1) is 25.4. The second-order valence-electron chi connectivity index (χ2n) is 15.1. The van der Waals surface area contributed by atoms with Crippen molar-refractivity contribution in [3.8, 4) is 11.5 Å². The van der Waals surface area contributed by atoms with Crippen molar-refractivity contribution in [3.05, 3.63) is 113 Å². The number of anilines is 3. The van der Waals surface area contributed by atoms with Crippen LogP contribution in [0.25, 0.3) is 0 Å². The Hall–Kier alpha value is -4.52. The highest BCUT2D eigenvalue weighted by Gasteiger charge is 2.66. The van der Waals surface area contributed by atoms with Gasteiger partial charge in [0, 0.05) is 34.3 Å². The standard InChI is InChI=1S/C41H42ClN3O7Si/c1-25-38(53(2,3)50)36(22-37(47)43-19-9-12-29(43)24-46)52-41(25)31-21-27(42)17-18-32(31)44(40(41)49)23-26-10-8-11-28(20-26)45-33-14-5-7-16-35(33)51-34-15-6-4-13-30(34)39(45)48/h4-8,10-11,13-18,20-21,25,29,36,38,46,50H,9,12,19,22-24H2,1-3H3/t25-,29-,36+,38-,41+/m0/s1. The van der Waals surface area contributed by atoms with Crippen molar-refractivity contribution in [1.82, 2.24) is 4.90 Å². The van der Waals surface area contributed by atoms with Gasteiger partial charge in [-0.25, -0.2) is 0 Å². The smallest absolute Gasteiger partial charge is 0.266 e. The van der Waals surface area contributed by atoms with Gasteiger partial charge in [0.2, 0.25) is 5.91 Å². The zero-order valence-electron chi connectivity index (χ0n) is 29.9. The molecule has 4 aromatic carbocycles. The topological polar surface area (TPSA) is 120 Å². The number of ether oxygens (including phenoxy) is 2. The quantitative estimate of drug-likeness (QED) is 0.193. The molecule has 8 rings (SSSR count). The largest absolute Gasteiger partial charge is 0.454 e. The van der Waals surface area contributed by atoms with Gasteiger partial charge in [-0.05, 0) is 86.1 Å². The third-order valence-electron chi connectivity index (χ3n) is 11.4. The third-order valence-corrected chi connectivity index (χ3v) is 14.1. The summed E-state index contributed by atoms with van der Waals surface area (Å²) < 4.78 is 13.1. The summed E-state index contributed by atoms with van der Waals surface area (Å²) in [6.45, 7) is 6.20. The Morgan fingerprint density at radius 3 is 2.49 bits per heavy atom. The zero-order valence-corrected chi connectivity index (χ0v) is 31.6. The van der Waals surface area contributed by atoms with E-state index in [2.05, 4.69) is 0 Å². The number of aliphatic hydroxyl groups excluding tert-OH is 1. The number of carbonyl (C=O) groups excluding carboxylic acids is 3. The second kappa shape index (κ2) is 13.4. The van der Waals surface area contributed by atoms with Crippen LogP contribution >= 0.6 is 11.6 Å². The second-order valence-corrected chi connectivity index (χ2v) is 19.5. The summed E-state index contributed by atoms with van der Waals surface area (Å²) in [7, 11) is -3.02. The van der Waals surface area contributed by atoms with Crippen molar-refractivity contribution in [2.75, 3.05) is 23.0 Å². The molecule has 3 amide bonds. The Labute approximate surface area is 314 Å². The first-order valence-electron chi connectivity index (χ1n) is 18.1. The maximum Gasteiger partial charge on any atom is 0.266 e. The SMILES string of the molecule is C[C@H]1[C@H]([Si](C)(C)O)[C@@H](CC(=O)N2CCC[C@H]2CO)O[C@]12C(=O)N(Cc1cccc(N3C(=O)c4ccccc4Oc4ccccc43)c1)c1ccc(Cl)cc12. The molecule has 0 aliphatic carbocycles. The summed E-state index contributed by atoms with van der Waals surface area (Å²) in [5.74, 6) is -0.152. The molecule has 0 radical (unpaired) electrons. The van der Waals surface area contributed by atoms with Crippen molar-refractivity contribution < 1.29 is 33.8 Å². The molecule has 274 valence electrons. The molecule has 1 spiro atoms. The lowest BCUT2D eigenvalue weighted by atomic mass is 9.82. The van der Waals surface area contributed by atoms with Crippen LogP contribution < -0.4 is 14.5 Å². The maximum atomic E-state index is 15.0. The van der Waals surface area contributed by atoms with Gasteiger partial charge in [-0.1, -0.05) is 54.9 Å². The molecule has 0 aromatic heterocycles. The number of nitrogens with zero attached hydrogens (tertiary/aromatic N) is 3. The number of para-hydroxylation sites is 3. The Morgan fingerprint density at radius 1 is 0.962 bits per heavy atom. The number of benzene rings is 4. The minimum atomic E-state index is -3.02. The molecule has 5 atom stereocenters. The molecule has 4 heterocycles. The number of halogens is 1. The van der Waals surface area contributed by atoms with Crippen molar-refractivity contribution in [2.45, 2.75) is 69.1 Å². The lowest BCUT2D eigenvalue weighted by Gasteiger charge is -2.33. The Balaban J connectivity index is 1.15. The molecule has 2 N–H and O–H groups in total. The molecule has 4 aromatic rings. The molecule has 2 fully saturated rings. The minimum absolute atomic E-state index is 0.00630. The summed E-state index contributed by atoms with van der Waals surface area (Å²) in [6, 6.07) is 27.2. The van der Waals surface area contributed by atoms with E-state index in [1.165, 1.54) is 0 Å². The summed E-state index contributed by atoms with van der Waals surface area (Å²) in [6.07, 6.45) is 0.820. The lowest BCUT2D eigenvalue weighted by molar-refractivity contribution is -0.150. The third kappa shape index (κ3) is 5.86. The number of hydrogen-bond donors (Lipinski definition) is 2. The van der Waals surface area contributed by atoms with E-state index >= 15 is 4.79 Å². The average molecular weight is 752 g/mol. The molecule has 53 heavy (non-hydrogen) atoms. The van der Waals surface area contributed by atoms with Crippen LogP contribution in [0.2, 0.25) is 23.7 Å². The van der Waals surface area contributed by atoms with Crippen LogP contribution in [-0.4, -0.2) is 66.1 Å². The Bertz CT molecular complexity index is 2120. The van der Waals surface area contributed by atoms with Crippen molar-refractivity contribution in [2.24, 2.45) is 5.92 Å². The van der Waals surface area contributed by atoms with Gasteiger partial charge in [0.1, 0.15) is 5.75 Å². The number of aliphatic hydroxyl groups is 1. The summed E-state index contributed by atoms with van der Waals surface area (Å²) >= 11 is 6.61. The molecular formula is C41H42ClN3O7Si. The zero-order chi connectivity index (χ0) is 37.2. The van der Waals surface area contributed by atoms with Gasteiger partial charge in [0.05, 0.1) is 48.7 Å². The average Bonchev–Trinajstić information content (AvgIpc) is 3.77. The van der Waals surface area contributed by atoms with Crippen LogP contribution in [0.4, 0.5) is 17.1 Å². The number of rotatable bonds is 7. The predicted molar refractivity (Wildman–Crippen MR) is 204 cm³/mol. The van der Waals surface area contributed by atoms with E-state index in [9.17, 15) is 19.5 Å². The lowest BCUT2D eigenvalue weighted by Crippen LogP contribution is -2.46. The molecule has 4 aliphatic heterocycles. The van der Waals surface area contributed by atoms with Crippen LogP contribution in [0, 0.1) is 5.92 Å². The van der Waals surface area contributed by atoms with Crippen LogP contribution in [0.5, 0.6) is 11.5 Å². The fraction of sp³-hybridized carbons (Fsp3) is 0.341. The van der Waals surface area contributed by atoms with E-state index in [1.807, 2.05) is 80.7 Å². The molecule has 4 aliphatic rings. The molecule has 10 nitrogen and oxygen atoms in total. The van der Waals surface area contributed by atoms with Gasteiger partial charge in [-0.2, -0.15) is 0 Å². The summed E-state index contributed by atoms with van der Waals surface area (Å²) in [5, 5.41) is 10.4. The monoisotopic (exact) mass is 751 g/mol. The summed E-state index contributed by atoms with van der Waals surface area (Å²) in [4.78, 5) is 59.6. The van der Waals surface area contributed by atoms with E-state index in [4.69, 9.17) is 21.1 Å². The minimum Gasteiger partial charge on any atom is -0.454 e. The van der Waals surface area contributed by atoms with E-state index in [1.54, 1.807) is 45.0 Å². The normalized spacial score (nSPS) is 25.0. The Morgan fingerprint density at radius 2 is 1.72 bits per heavy atom. The van der Waals surface area contributed by atoms with Crippen molar-refractivity contribution in [1.29, 1.82) is 0 Å². The highest BCUT2D eigenvalue weighted by molar-refractivity contribution is 6.71. The van der Waals surface area contributed by atoms with E-state index in [-0.39, 0.29) is 43.3 Å². The fourth-order valence-electron chi connectivity index (χ4n) is 9.09. The first-order valence-corrected chi connectivity index (χ1v) is 21.5. The van der Waals surface area contributed by atoms with Crippen molar-refractivity contribution in [3.63, 3.8) is 0 Å². The van der Waals surface area contributed by atoms with E-state index < -0.39 is 31.5 Å². The van der Waals surface area contributed by atoms with Gasteiger partial charge in [-0.15, -0.1) is 0 Å². The van der Waals surface area contributed by atoms with Crippen molar-refractivity contribution >= 4 is 54.7 Å². The fourth-order valence-corrected chi connectivity index (χ4v) is 11.8. The van der Waals surface area contributed by atoms with E-state index in [0.29, 0.717) is 51.3 Å². The number of hydrogen-bond acceptors (Lipinski definition) is 7. The first kappa shape index (κ1) is 35.5. The molecule has 0 saturated carbocycles. The molecule has 12 heteroatoms. The maximum absolute atomic E-state index is 15.0. The molecular weight excluding hydrogens is 710 g/mol.